The largest absolute Gasteiger partial charge is 0.377 e. The molecule has 6 nitrogen and oxygen atoms in total. The SMILES string of the molecule is CCCOCc1ccccc1CNC(=NC)NCCCn1nc(C)cc1C.I. The second-order valence-electron chi connectivity index (χ2n) is 6.68. The Bertz CT molecular complexity index is 729. The minimum atomic E-state index is 0. The summed E-state index contributed by atoms with van der Waals surface area (Å²) in [5, 5.41) is 11.3. The van der Waals surface area contributed by atoms with Crippen molar-refractivity contribution in [2.45, 2.75) is 53.3 Å². The van der Waals surface area contributed by atoms with Gasteiger partial charge in [0.2, 0.25) is 0 Å². The van der Waals surface area contributed by atoms with Crippen LogP contribution in [0.5, 0.6) is 0 Å². The molecule has 0 aliphatic heterocycles. The first kappa shape index (κ1) is 24.4. The number of benzene rings is 1. The molecule has 2 rings (SSSR count). The number of hydrogen-bond donors (Lipinski definition) is 2. The average Bonchev–Trinajstić information content (AvgIpc) is 2.99. The lowest BCUT2D eigenvalue weighted by atomic mass is 10.1. The van der Waals surface area contributed by atoms with Gasteiger partial charge in [0.25, 0.3) is 0 Å². The van der Waals surface area contributed by atoms with E-state index in [1.165, 1.54) is 16.8 Å². The van der Waals surface area contributed by atoms with E-state index < -0.39 is 0 Å². The molecule has 1 heterocycles. The van der Waals surface area contributed by atoms with Crippen LogP contribution >= 0.6 is 24.0 Å². The zero-order valence-corrected chi connectivity index (χ0v) is 19.8. The quantitative estimate of drug-likeness (QED) is 0.226. The summed E-state index contributed by atoms with van der Waals surface area (Å²) in [6, 6.07) is 10.5. The summed E-state index contributed by atoms with van der Waals surface area (Å²) in [5.74, 6) is 0.813. The van der Waals surface area contributed by atoms with E-state index in [4.69, 9.17) is 4.74 Å². The molecule has 2 aromatic rings. The van der Waals surface area contributed by atoms with Crippen LogP contribution in [-0.2, 0) is 24.4 Å². The summed E-state index contributed by atoms with van der Waals surface area (Å²) in [6.45, 7) is 10.2. The number of hydrogen-bond acceptors (Lipinski definition) is 3. The predicted molar refractivity (Wildman–Crippen MR) is 126 cm³/mol. The lowest BCUT2D eigenvalue weighted by Crippen LogP contribution is -2.37. The minimum Gasteiger partial charge on any atom is -0.377 e. The van der Waals surface area contributed by atoms with E-state index in [2.05, 4.69) is 69.6 Å². The van der Waals surface area contributed by atoms with Crippen molar-refractivity contribution in [1.82, 2.24) is 20.4 Å². The first-order chi connectivity index (χ1) is 13.1. The van der Waals surface area contributed by atoms with Crippen molar-refractivity contribution in [3.8, 4) is 0 Å². The van der Waals surface area contributed by atoms with Crippen molar-refractivity contribution in [3.05, 3.63) is 52.8 Å². The molecule has 2 N–H and O–H groups in total. The molecule has 0 fully saturated rings. The molecule has 0 unspecified atom stereocenters. The molecule has 0 atom stereocenters. The van der Waals surface area contributed by atoms with Crippen molar-refractivity contribution in [3.63, 3.8) is 0 Å². The second-order valence-corrected chi connectivity index (χ2v) is 6.68. The molecular formula is C21H34IN5O. The normalized spacial score (nSPS) is 11.2. The molecule has 7 heteroatoms. The van der Waals surface area contributed by atoms with E-state index in [0.29, 0.717) is 6.61 Å². The lowest BCUT2D eigenvalue weighted by Gasteiger charge is -2.14. The Morgan fingerprint density at radius 2 is 1.93 bits per heavy atom. The third-order valence-corrected chi connectivity index (χ3v) is 4.34. The number of halogens is 1. The van der Waals surface area contributed by atoms with Gasteiger partial charge in [0, 0.05) is 39.0 Å². The van der Waals surface area contributed by atoms with Gasteiger partial charge in [0.1, 0.15) is 0 Å². The Morgan fingerprint density at radius 1 is 1.18 bits per heavy atom. The number of aliphatic imine (C=N–C) groups is 1. The van der Waals surface area contributed by atoms with Gasteiger partial charge in [-0.1, -0.05) is 31.2 Å². The summed E-state index contributed by atoms with van der Waals surface area (Å²) in [4.78, 5) is 4.32. The van der Waals surface area contributed by atoms with Gasteiger partial charge in [0.15, 0.2) is 5.96 Å². The summed E-state index contributed by atoms with van der Waals surface area (Å²) in [7, 11) is 1.80. The number of nitrogens with one attached hydrogen (secondary N) is 2. The molecular weight excluding hydrogens is 465 g/mol. The van der Waals surface area contributed by atoms with Crippen LogP contribution in [0.15, 0.2) is 35.3 Å². The Kier molecular flexibility index (Phi) is 11.8. The Balaban J connectivity index is 0.00000392. The summed E-state index contributed by atoms with van der Waals surface area (Å²) < 4.78 is 7.75. The first-order valence-electron chi connectivity index (χ1n) is 9.74. The molecule has 0 aliphatic carbocycles. The minimum absolute atomic E-state index is 0. The summed E-state index contributed by atoms with van der Waals surface area (Å²) >= 11 is 0. The van der Waals surface area contributed by atoms with Crippen molar-refractivity contribution >= 4 is 29.9 Å². The van der Waals surface area contributed by atoms with Crippen LogP contribution < -0.4 is 10.6 Å². The van der Waals surface area contributed by atoms with Gasteiger partial charge in [-0.3, -0.25) is 9.67 Å². The number of rotatable bonds is 10. The van der Waals surface area contributed by atoms with Crippen LogP contribution in [0.3, 0.4) is 0 Å². The predicted octanol–water partition coefficient (Wildman–Crippen LogP) is 3.80. The van der Waals surface area contributed by atoms with Gasteiger partial charge in [-0.05, 0) is 43.9 Å². The molecule has 0 radical (unpaired) electrons. The molecule has 0 saturated heterocycles. The molecule has 1 aromatic carbocycles. The monoisotopic (exact) mass is 499 g/mol. The maximum absolute atomic E-state index is 5.69. The van der Waals surface area contributed by atoms with Crippen LogP contribution in [0.4, 0.5) is 0 Å². The number of ether oxygens (including phenoxy) is 1. The number of nitrogens with zero attached hydrogens (tertiary/aromatic N) is 3. The standard InChI is InChI=1S/C21H33N5O.HI/c1-5-13-27-16-20-10-7-6-9-19(20)15-24-21(22-4)23-11-8-12-26-18(3)14-17(2)25-26;/h6-7,9-10,14H,5,8,11-13,15-16H2,1-4H3,(H2,22,23,24);1H. The van der Waals surface area contributed by atoms with Crippen LogP contribution in [-0.4, -0.2) is 35.9 Å². The van der Waals surface area contributed by atoms with Crippen molar-refractivity contribution < 1.29 is 4.74 Å². The van der Waals surface area contributed by atoms with E-state index in [1.54, 1.807) is 7.05 Å². The van der Waals surface area contributed by atoms with Gasteiger partial charge in [-0.15, -0.1) is 24.0 Å². The van der Waals surface area contributed by atoms with Gasteiger partial charge in [-0.25, -0.2) is 0 Å². The third-order valence-electron chi connectivity index (χ3n) is 4.34. The number of aryl methyl sites for hydroxylation is 3. The van der Waals surface area contributed by atoms with Crippen molar-refractivity contribution in [1.29, 1.82) is 0 Å². The zero-order chi connectivity index (χ0) is 19.5. The van der Waals surface area contributed by atoms with Gasteiger partial charge >= 0.3 is 0 Å². The van der Waals surface area contributed by atoms with Gasteiger partial charge in [0.05, 0.1) is 12.3 Å². The Morgan fingerprint density at radius 3 is 2.57 bits per heavy atom. The highest BCUT2D eigenvalue weighted by atomic mass is 127. The number of guanidine groups is 1. The summed E-state index contributed by atoms with van der Waals surface area (Å²) in [6.07, 6.45) is 2.03. The van der Waals surface area contributed by atoms with E-state index in [1.807, 2.05) is 6.92 Å². The van der Waals surface area contributed by atoms with Crippen LogP contribution in [0.25, 0.3) is 0 Å². The molecule has 0 aliphatic rings. The zero-order valence-electron chi connectivity index (χ0n) is 17.5. The van der Waals surface area contributed by atoms with Gasteiger partial charge in [-0.2, -0.15) is 5.10 Å². The maximum Gasteiger partial charge on any atom is 0.191 e. The van der Waals surface area contributed by atoms with E-state index in [9.17, 15) is 0 Å². The molecule has 0 bridgehead atoms. The van der Waals surface area contributed by atoms with E-state index >= 15 is 0 Å². The van der Waals surface area contributed by atoms with Crippen LogP contribution in [0.2, 0.25) is 0 Å². The highest BCUT2D eigenvalue weighted by Crippen LogP contribution is 2.10. The molecule has 0 amide bonds. The highest BCUT2D eigenvalue weighted by Gasteiger charge is 2.04. The molecule has 28 heavy (non-hydrogen) atoms. The summed E-state index contributed by atoms with van der Waals surface area (Å²) in [5.41, 5.74) is 4.73. The maximum atomic E-state index is 5.69. The number of aromatic nitrogens is 2. The molecule has 0 spiro atoms. The second kappa shape index (κ2) is 13.5. The fraction of sp³-hybridized carbons (Fsp3) is 0.524. The van der Waals surface area contributed by atoms with Crippen LogP contribution in [0.1, 0.15) is 42.3 Å². The smallest absolute Gasteiger partial charge is 0.191 e. The topological polar surface area (TPSA) is 63.5 Å². The lowest BCUT2D eigenvalue weighted by molar-refractivity contribution is 0.121. The van der Waals surface area contributed by atoms with E-state index in [-0.39, 0.29) is 24.0 Å². The molecule has 1 aromatic heterocycles. The first-order valence-corrected chi connectivity index (χ1v) is 9.74. The van der Waals surface area contributed by atoms with Crippen LogP contribution in [0, 0.1) is 13.8 Å². The Labute approximate surface area is 186 Å². The molecule has 156 valence electrons. The van der Waals surface area contributed by atoms with Crippen molar-refractivity contribution in [2.75, 3.05) is 20.2 Å². The third kappa shape index (κ3) is 8.18. The van der Waals surface area contributed by atoms with Gasteiger partial charge < -0.3 is 15.4 Å². The van der Waals surface area contributed by atoms with E-state index in [0.717, 1.165) is 50.7 Å². The Hall–Kier alpha value is -1.61. The fourth-order valence-electron chi connectivity index (χ4n) is 2.93. The highest BCUT2D eigenvalue weighted by molar-refractivity contribution is 14.0. The molecule has 0 saturated carbocycles. The fourth-order valence-corrected chi connectivity index (χ4v) is 2.93. The van der Waals surface area contributed by atoms with Crippen molar-refractivity contribution in [2.24, 2.45) is 4.99 Å². The average molecular weight is 499 g/mol.